The molecule has 2 heterocycles. The fourth-order valence-corrected chi connectivity index (χ4v) is 5.29. The molecule has 0 saturated carbocycles. The van der Waals surface area contributed by atoms with Gasteiger partial charge in [0, 0.05) is 16.6 Å². The van der Waals surface area contributed by atoms with Gasteiger partial charge in [-0.15, -0.1) is 11.3 Å². The topological polar surface area (TPSA) is 159 Å². The molecule has 0 bridgehead atoms. The van der Waals surface area contributed by atoms with Crippen LogP contribution in [0.4, 0.5) is 5.82 Å². The van der Waals surface area contributed by atoms with Crippen molar-refractivity contribution < 1.29 is 37.3 Å². The van der Waals surface area contributed by atoms with Gasteiger partial charge in [-0.05, 0) is 31.2 Å². The van der Waals surface area contributed by atoms with Gasteiger partial charge in [0.2, 0.25) is 10.1 Å². The Kier molecular flexibility index (Phi) is 7.93. The van der Waals surface area contributed by atoms with Crippen molar-refractivity contribution in [3.8, 4) is 40.3 Å². The largest absolute Gasteiger partial charge is 0.493 e. The second-order valence-electron chi connectivity index (χ2n) is 7.54. The highest BCUT2D eigenvalue weighted by Gasteiger charge is 2.26. The van der Waals surface area contributed by atoms with Gasteiger partial charge in [0.1, 0.15) is 5.75 Å². The van der Waals surface area contributed by atoms with Gasteiger partial charge < -0.3 is 24.1 Å². The molecular formula is C24H22N4O8S2. The molecule has 0 aliphatic rings. The average Bonchev–Trinajstić information content (AvgIpc) is 3.36. The summed E-state index contributed by atoms with van der Waals surface area (Å²) in [4.78, 5) is 24.4. The number of methoxy groups -OCH3 is 2. The SMILES string of the molecule is COc1ccccc1Oc1c(NS(=O)(=O)c2ncc(C)s2)nc(-c2cccc(OCC(=O)O)c2)nc1OC. The zero-order chi connectivity index (χ0) is 27.3. The molecule has 14 heteroatoms. The monoisotopic (exact) mass is 558 g/mol. The fraction of sp³-hybridized carbons (Fsp3) is 0.167. The maximum absolute atomic E-state index is 13.2. The third kappa shape index (κ3) is 6.10. The number of aryl methyl sites for hydroxylation is 1. The molecule has 0 radical (unpaired) electrons. The molecule has 2 aromatic heterocycles. The molecule has 0 aliphatic heterocycles. The Bertz CT molecular complexity index is 1570. The third-order valence-electron chi connectivity index (χ3n) is 4.82. The number of hydrogen-bond acceptors (Lipinski definition) is 11. The maximum atomic E-state index is 13.2. The number of aromatic nitrogens is 3. The van der Waals surface area contributed by atoms with Crippen molar-refractivity contribution in [2.75, 3.05) is 25.5 Å². The summed E-state index contributed by atoms with van der Waals surface area (Å²) < 4.78 is 50.7. The number of sulfonamides is 1. The molecular weight excluding hydrogens is 536 g/mol. The number of carbonyl (C=O) groups is 1. The highest BCUT2D eigenvalue weighted by Crippen LogP contribution is 2.41. The summed E-state index contributed by atoms with van der Waals surface area (Å²) in [5.74, 6) is -0.597. The number of para-hydroxylation sites is 2. The van der Waals surface area contributed by atoms with Crippen LogP contribution in [0.1, 0.15) is 4.88 Å². The van der Waals surface area contributed by atoms with E-state index in [-0.39, 0.29) is 39.1 Å². The van der Waals surface area contributed by atoms with Crippen molar-refractivity contribution in [3.05, 3.63) is 59.6 Å². The highest BCUT2D eigenvalue weighted by molar-refractivity contribution is 7.94. The van der Waals surface area contributed by atoms with E-state index in [0.717, 1.165) is 11.3 Å². The Morgan fingerprint density at radius 3 is 2.47 bits per heavy atom. The van der Waals surface area contributed by atoms with E-state index in [1.165, 1.54) is 26.5 Å². The molecule has 0 atom stereocenters. The number of carboxylic acids is 1. The minimum Gasteiger partial charge on any atom is -0.493 e. The first-order chi connectivity index (χ1) is 18.2. The van der Waals surface area contributed by atoms with E-state index in [9.17, 15) is 13.2 Å². The van der Waals surface area contributed by atoms with Crippen molar-refractivity contribution in [3.63, 3.8) is 0 Å². The van der Waals surface area contributed by atoms with E-state index < -0.39 is 22.6 Å². The average molecular weight is 559 g/mol. The number of ether oxygens (including phenoxy) is 4. The summed E-state index contributed by atoms with van der Waals surface area (Å²) in [7, 11) is -1.35. The van der Waals surface area contributed by atoms with Crippen LogP contribution in [0.5, 0.6) is 28.9 Å². The van der Waals surface area contributed by atoms with Crippen molar-refractivity contribution in [2.45, 2.75) is 11.3 Å². The number of carboxylic acid groups (broad SMARTS) is 1. The van der Waals surface area contributed by atoms with E-state index in [4.69, 9.17) is 24.1 Å². The van der Waals surface area contributed by atoms with Gasteiger partial charge in [0.25, 0.3) is 15.9 Å². The van der Waals surface area contributed by atoms with Crippen LogP contribution in [0, 0.1) is 6.92 Å². The molecule has 38 heavy (non-hydrogen) atoms. The Balaban J connectivity index is 1.83. The summed E-state index contributed by atoms with van der Waals surface area (Å²) in [6.45, 7) is 1.19. The van der Waals surface area contributed by atoms with Crippen molar-refractivity contribution >= 4 is 33.1 Å². The Morgan fingerprint density at radius 2 is 1.82 bits per heavy atom. The number of rotatable bonds is 11. The summed E-state index contributed by atoms with van der Waals surface area (Å²) >= 11 is 0.989. The predicted molar refractivity (Wildman–Crippen MR) is 138 cm³/mol. The van der Waals surface area contributed by atoms with Gasteiger partial charge in [0.05, 0.1) is 14.2 Å². The zero-order valence-corrected chi connectivity index (χ0v) is 22.0. The van der Waals surface area contributed by atoms with E-state index in [1.54, 1.807) is 49.4 Å². The van der Waals surface area contributed by atoms with Crippen LogP contribution < -0.4 is 23.7 Å². The minimum atomic E-state index is -4.16. The van der Waals surface area contributed by atoms with Crippen molar-refractivity contribution in [1.29, 1.82) is 0 Å². The summed E-state index contributed by atoms with van der Waals surface area (Å²) in [6, 6.07) is 13.1. The molecule has 0 spiro atoms. The van der Waals surface area contributed by atoms with Gasteiger partial charge in [-0.25, -0.2) is 14.8 Å². The molecule has 198 valence electrons. The van der Waals surface area contributed by atoms with Gasteiger partial charge in [-0.2, -0.15) is 13.4 Å². The molecule has 0 unspecified atom stereocenters. The van der Waals surface area contributed by atoms with Crippen LogP contribution in [-0.4, -0.2) is 55.3 Å². The molecule has 2 N–H and O–H groups in total. The van der Waals surface area contributed by atoms with E-state index in [1.807, 2.05) is 0 Å². The lowest BCUT2D eigenvalue weighted by atomic mass is 10.2. The number of aliphatic carboxylic acids is 1. The van der Waals surface area contributed by atoms with Gasteiger partial charge >= 0.3 is 5.97 Å². The lowest BCUT2D eigenvalue weighted by Gasteiger charge is -2.17. The molecule has 4 aromatic rings. The number of thiazole rings is 1. The zero-order valence-electron chi connectivity index (χ0n) is 20.4. The number of anilines is 1. The molecule has 0 saturated heterocycles. The first kappa shape index (κ1) is 26.6. The van der Waals surface area contributed by atoms with E-state index >= 15 is 0 Å². The van der Waals surface area contributed by atoms with E-state index in [2.05, 4.69) is 19.7 Å². The van der Waals surface area contributed by atoms with Crippen LogP contribution in [0.3, 0.4) is 0 Å². The number of hydrogen-bond donors (Lipinski definition) is 2. The third-order valence-corrected chi connectivity index (χ3v) is 7.47. The Morgan fingerprint density at radius 1 is 1.05 bits per heavy atom. The second-order valence-corrected chi connectivity index (χ2v) is 10.6. The van der Waals surface area contributed by atoms with Crippen molar-refractivity contribution in [2.24, 2.45) is 0 Å². The second kappa shape index (κ2) is 11.3. The lowest BCUT2D eigenvalue weighted by molar-refractivity contribution is -0.139. The van der Waals surface area contributed by atoms with Crippen LogP contribution >= 0.6 is 11.3 Å². The standard InChI is InChI=1S/C24H22N4O8S2/c1-14-12-25-24(37-14)38(31,32)28-22-20(36-18-10-5-4-9-17(18)33-2)23(34-3)27-21(26-22)15-7-6-8-16(11-15)35-13-19(29)30/h4-12H,13H2,1-3H3,(H,29,30)(H,26,27,28). The minimum absolute atomic E-state index is 0.0584. The normalized spacial score (nSPS) is 11.0. The van der Waals surface area contributed by atoms with Gasteiger partial charge in [-0.1, -0.05) is 24.3 Å². The molecule has 0 aliphatic carbocycles. The molecule has 4 rings (SSSR count). The first-order valence-electron chi connectivity index (χ1n) is 10.9. The maximum Gasteiger partial charge on any atom is 0.341 e. The van der Waals surface area contributed by atoms with Crippen LogP contribution in [0.25, 0.3) is 11.4 Å². The van der Waals surface area contributed by atoms with Gasteiger partial charge in [-0.3, -0.25) is 4.72 Å². The highest BCUT2D eigenvalue weighted by atomic mass is 32.2. The quantitative estimate of drug-likeness (QED) is 0.274. The summed E-state index contributed by atoms with van der Waals surface area (Å²) in [6.07, 6.45) is 1.44. The molecule has 12 nitrogen and oxygen atoms in total. The molecule has 2 aromatic carbocycles. The predicted octanol–water partition coefficient (Wildman–Crippen LogP) is 3.98. The first-order valence-corrected chi connectivity index (χ1v) is 13.2. The number of benzene rings is 2. The number of nitrogens with zero attached hydrogens (tertiary/aromatic N) is 3. The Hall–Kier alpha value is -4.43. The van der Waals surface area contributed by atoms with Crippen LogP contribution in [0.15, 0.2) is 59.1 Å². The molecule has 0 fully saturated rings. The van der Waals surface area contributed by atoms with E-state index in [0.29, 0.717) is 16.2 Å². The van der Waals surface area contributed by atoms with Crippen molar-refractivity contribution in [1.82, 2.24) is 15.0 Å². The summed E-state index contributed by atoms with van der Waals surface area (Å²) in [5, 5.41) is 8.90. The summed E-state index contributed by atoms with van der Waals surface area (Å²) in [5.41, 5.74) is 0.403. The fourth-order valence-electron chi connectivity index (χ4n) is 3.17. The van der Waals surface area contributed by atoms with Crippen LogP contribution in [0.2, 0.25) is 0 Å². The number of nitrogens with one attached hydrogen (secondary N) is 1. The Labute approximate surface area is 221 Å². The smallest absolute Gasteiger partial charge is 0.341 e. The lowest BCUT2D eigenvalue weighted by Crippen LogP contribution is -2.15. The van der Waals surface area contributed by atoms with Gasteiger partial charge in [0.15, 0.2) is 29.7 Å². The molecule has 0 amide bonds. The van der Waals surface area contributed by atoms with Crippen LogP contribution in [-0.2, 0) is 14.8 Å².